The van der Waals surface area contributed by atoms with Gasteiger partial charge in [-0.05, 0) is 32.6 Å². The van der Waals surface area contributed by atoms with Crippen LogP contribution >= 0.6 is 0 Å². The first-order valence-electron chi connectivity index (χ1n) is 9.90. The number of nitrogens with zero attached hydrogens (tertiary/aromatic N) is 4. The molecule has 3 atom stereocenters. The van der Waals surface area contributed by atoms with Crippen LogP contribution in [0.25, 0.3) is 0 Å². The van der Waals surface area contributed by atoms with Crippen molar-refractivity contribution in [3.63, 3.8) is 0 Å². The van der Waals surface area contributed by atoms with Crippen LogP contribution in [-0.2, 0) is 6.61 Å². The van der Waals surface area contributed by atoms with Crippen LogP contribution in [0.4, 0.5) is 22.0 Å². The third-order valence-corrected chi connectivity index (χ3v) is 5.44. The SMILES string of the molecule is CC[C@@H]1CC(N(C)c2nc(CO)c(F)c(Nc3cc(C)[nH]n3)n2)C[C@H](CC)N1. The number of halogens is 1. The summed E-state index contributed by atoms with van der Waals surface area (Å²) in [4.78, 5) is 10.7. The van der Waals surface area contributed by atoms with E-state index in [-0.39, 0.29) is 17.6 Å². The molecule has 2 aromatic heterocycles. The van der Waals surface area contributed by atoms with Gasteiger partial charge in [-0.1, -0.05) is 13.8 Å². The number of piperidine rings is 1. The second kappa shape index (κ2) is 8.83. The smallest absolute Gasteiger partial charge is 0.227 e. The van der Waals surface area contributed by atoms with Crippen LogP contribution in [0.1, 0.15) is 50.9 Å². The molecule has 1 unspecified atom stereocenters. The van der Waals surface area contributed by atoms with E-state index in [0.29, 0.717) is 23.8 Å². The van der Waals surface area contributed by atoms with Crippen LogP contribution in [0, 0.1) is 12.7 Å². The fourth-order valence-electron chi connectivity index (χ4n) is 3.70. The highest BCUT2D eigenvalue weighted by Gasteiger charge is 2.30. The number of H-pyrrole nitrogens is 1. The summed E-state index contributed by atoms with van der Waals surface area (Å²) in [6.45, 7) is 5.72. The molecular formula is C19H30FN7O. The van der Waals surface area contributed by atoms with E-state index in [1.54, 1.807) is 6.07 Å². The van der Waals surface area contributed by atoms with Crippen molar-refractivity contribution in [1.29, 1.82) is 0 Å². The molecule has 1 saturated heterocycles. The fourth-order valence-corrected chi connectivity index (χ4v) is 3.70. The lowest BCUT2D eigenvalue weighted by atomic mass is 9.90. The molecule has 1 aliphatic rings. The third-order valence-electron chi connectivity index (χ3n) is 5.44. The number of hydrogen-bond acceptors (Lipinski definition) is 7. The average Bonchev–Trinajstić information content (AvgIpc) is 3.13. The van der Waals surface area contributed by atoms with Crippen LogP contribution in [0.3, 0.4) is 0 Å². The molecule has 4 N–H and O–H groups in total. The highest BCUT2D eigenvalue weighted by Crippen LogP contribution is 2.27. The van der Waals surface area contributed by atoms with Gasteiger partial charge in [0.1, 0.15) is 5.69 Å². The minimum Gasteiger partial charge on any atom is -0.390 e. The molecule has 2 aromatic rings. The van der Waals surface area contributed by atoms with Gasteiger partial charge in [-0.25, -0.2) is 9.37 Å². The van der Waals surface area contributed by atoms with Gasteiger partial charge in [0.15, 0.2) is 17.5 Å². The Bertz CT molecular complexity index is 785. The molecule has 3 heterocycles. The minimum atomic E-state index is -0.663. The van der Waals surface area contributed by atoms with Crippen molar-refractivity contribution in [1.82, 2.24) is 25.5 Å². The van der Waals surface area contributed by atoms with E-state index >= 15 is 0 Å². The fraction of sp³-hybridized carbons (Fsp3) is 0.632. The topological polar surface area (TPSA) is 102 Å². The van der Waals surface area contributed by atoms with Gasteiger partial charge in [-0.15, -0.1) is 0 Å². The van der Waals surface area contributed by atoms with Crippen molar-refractivity contribution in [2.75, 3.05) is 17.3 Å². The van der Waals surface area contributed by atoms with E-state index in [0.717, 1.165) is 31.4 Å². The summed E-state index contributed by atoms with van der Waals surface area (Å²) in [7, 11) is 1.94. The Balaban J connectivity index is 1.88. The zero-order valence-corrected chi connectivity index (χ0v) is 17.0. The Morgan fingerprint density at radius 1 is 1.25 bits per heavy atom. The molecule has 0 bridgehead atoms. The summed E-state index contributed by atoms with van der Waals surface area (Å²) in [6, 6.07) is 2.88. The molecule has 9 heteroatoms. The van der Waals surface area contributed by atoms with E-state index in [2.05, 4.69) is 44.6 Å². The number of rotatable bonds is 7. The van der Waals surface area contributed by atoms with Crippen molar-refractivity contribution in [3.05, 3.63) is 23.3 Å². The molecule has 0 spiro atoms. The van der Waals surface area contributed by atoms with Gasteiger partial charge >= 0.3 is 0 Å². The second-order valence-electron chi connectivity index (χ2n) is 7.47. The molecule has 0 aromatic carbocycles. The van der Waals surface area contributed by atoms with Gasteiger partial charge in [0, 0.05) is 36.9 Å². The lowest BCUT2D eigenvalue weighted by Gasteiger charge is -2.40. The number of aromatic amines is 1. The third kappa shape index (κ3) is 4.41. The summed E-state index contributed by atoms with van der Waals surface area (Å²) in [5, 5.41) is 23.0. The van der Waals surface area contributed by atoms with Crippen molar-refractivity contribution in [2.45, 2.75) is 71.2 Å². The van der Waals surface area contributed by atoms with Crippen molar-refractivity contribution >= 4 is 17.6 Å². The van der Waals surface area contributed by atoms with Crippen LogP contribution in [-0.4, -0.2) is 50.4 Å². The Morgan fingerprint density at radius 3 is 2.46 bits per heavy atom. The molecule has 1 fully saturated rings. The number of aliphatic hydroxyl groups excluding tert-OH is 1. The van der Waals surface area contributed by atoms with E-state index in [4.69, 9.17) is 0 Å². The molecule has 8 nitrogen and oxygen atoms in total. The van der Waals surface area contributed by atoms with Gasteiger partial charge < -0.3 is 20.6 Å². The Labute approximate surface area is 165 Å². The zero-order valence-electron chi connectivity index (χ0n) is 17.0. The van der Waals surface area contributed by atoms with Crippen LogP contribution in [0.15, 0.2) is 6.07 Å². The summed E-state index contributed by atoms with van der Waals surface area (Å²) < 4.78 is 14.7. The number of nitrogens with one attached hydrogen (secondary N) is 3. The lowest BCUT2D eigenvalue weighted by Crippen LogP contribution is -2.52. The monoisotopic (exact) mass is 391 g/mol. The maximum absolute atomic E-state index is 14.7. The maximum atomic E-state index is 14.7. The molecule has 154 valence electrons. The first-order chi connectivity index (χ1) is 13.4. The van der Waals surface area contributed by atoms with Gasteiger partial charge in [0.25, 0.3) is 0 Å². The molecule has 3 rings (SSSR count). The van der Waals surface area contributed by atoms with Gasteiger partial charge in [-0.2, -0.15) is 10.1 Å². The van der Waals surface area contributed by atoms with E-state index in [1.165, 1.54) is 0 Å². The average molecular weight is 391 g/mol. The first kappa shape index (κ1) is 20.5. The summed E-state index contributed by atoms with van der Waals surface area (Å²) >= 11 is 0. The molecule has 0 amide bonds. The second-order valence-corrected chi connectivity index (χ2v) is 7.47. The Morgan fingerprint density at radius 2 is 1.93 bits per heavy atom. The summed E-state index contributed by atoms with van der Waals surface area (Å²) in [5.74, 6) is 0.215. The van der Waals surface area contributed by atoms with Gasteiger partial charge in [0.2, 0.25) is 5.95 Å². The summed E-state index contributed by atoms with van der Waals surface area (Å²) in [5.41, 5.74) is 0.822. The van der Waals surface area contributed by atoms with E-state index in [1.807, 2.05) is 18.9 Å². The van der Waals surface area contributed by atoms with Gasteiger partial charge in [-0.3, -0.25) is 5.10 Å². The molecular weight excluding hydrogens is 361 g/mol. The molecule has 0 aliphatic carbocycles. The van der Waals surface area contributed by atoms with Gasteiger partial charge in [0.05, 0.1) is 6.61 Å². The number of hydrogen-bond donors (Lipinski definition) is 4. The number of aryl methyl sites for hydroxylation is 1. The quantitative estimate of drug-likeness (QED) is 0.575. The largest absolute Gasteiger partial charge is 0.390 e. The van der Waals surface area contributed by atoms with Crippen molar-refractivity contribution in [2.24, 2.45) is 0 Å². The Hall–Kier alpha value is -2.26. The molecule has 0 saturated carbocycles. The number of aliphatic hydroxyl groups is 1. The van der Waals surface area contributed by atoms with Crippen molar-refractivity contribution in [3.8, 4) is 0 Å². The predicted octanol–water partition coefficient (Wildman–Crippen LogP) is 2.63. The number of aromatic nitrogens is 4. The van der Waals surface area contributed by atoms with E-state index in [9.17, 15) is 9.50 Å². The highest BCUT2D eigenvalue weighted by atomic mass is 19.1. The molecule has 28 heavy (non-hydrogen) atoms. The molecule has 0 radical (unpaired) electrons. The Kier molecular flexibility index (Phi) is 6.46. The van der Waals surface area contributed by atoms with Crippen LogP contribution in [0.2, 0.25) is 0 Å². The normalized spacial score (nSPS) is 22.3. The zero-order chi connectivity index (χ0) is 20.3. The first-order valence-corrected chi connectivity index (χ1v) is 9.90. The highest BCUT2D eigenvalue weighted by molar-refractivity contribution is 5.55. The minimum absolute atomic E-state index is 0.0143. The van der Waals surface area contributed by atoms with Crippen LogP contribution < -0.4 is 15.5 Å². The standard InChI is InChI=1S/C19H30FN7O/c1-5-12-8-14(9-13(6-2)21-12)27(4)19-22-15(10-28)17(20)18(24-19)23-16-7-11(3)25-26-16/h7,12-14,21,28H,5-6,8-10H2,1-4H3,(H2,22,23,24,25,26)/t12-,13+,14?. The predicted molar refractivity (Wildman–Crippen MR) is 107 cm³/mol. The summed E-state index contributed by atoms with van der Waals surface area (Å²) in [6.07, 6.45) is 4.05. The van der Waals surface area contributed by atoms with Crippen molar-refractivity contribution < 1.29 is 9.50 Å². The number of anilines is 3. The molecule has 1 aliphatic heterocycles. The van der Waals surface area contributed by atoms with Crippen LogP contribution in [0.5, 0.6) is 0 Å². The van der Waals surface area contributed by atoms with E-state index < -0.39 is 12.4 Å². The maximum Gasteiger partial charge on any atom is 0.227 e. The lowest BCUT2D eigenvalue weighted by molar-refractivity contribution is 0.266.